The van der Waals surface area contributed by atoms with E-state index in [0.717, 1.165) is 17.3 Å². The van der Waals surface area contributed by atoms with Crippen LogP contribution in [0.1, 0.15) is 37.0 Å². The molecular formula is C13H18BrNO2. The van der Waals surface area contributed by atoms with Gasteiger partial charge in [-0.1, -0.05) is 13.8 Å². The normalized spacial score (nSPS) is 10.4. The highest BCUT2D eigenvalue weighted by atomic mass is 79.9. The highest BCUT2D eigenvalue weighted by molar-refractivity contribution is 9.10. The third-order valence-corrected chi connectivity index (χ3v) is 3.43. The van der Waals surface area contributed by atoms with Crippen molar-refractivity contribution in [2.24, 2.45) is 0 Å². The van der Waals surface area contributed by atoms with Gasteiger partial charge in [0.25, 0.3) is 5.91 Å². The number of nitrogens with one attached hydrogen (secondary N) is 1. The van der Waals surface area contributed by atoms with E-state index in [9.17, 15) is 4.79 Å². The number of ether oxygens (including phenoxy) is 1. The van der Waals surface area contributed by atoms with Crippen LogP contribution in [0.3, 0.4) is 0 Å². The number of carbonyl (C=O) groups excluding carboxylic acids is 1. The Balaban J connectivity index is 2.87. The minimum atomic E-state index is -0.0653. The first-order valence-electron chi connectivity index (χ1n) is 5.76. The summed E-state index contributed by atoms with van der Waals surface area (Å²) in [5, 5.41) is 3.00. The van der Waals surface area contributed by atoms with Gasteiger partial charge in [0.1, 0.15) is 5.75 Å². The van der Waals surface area contributed by atoms with Crippen molar-refractivity contribution in [1.29, 1.82) is 0 Å². The largest absolute Gasteiger partial charge is 0.497 e. The molecule has 0 aliphatic carbocycles. The van der Waals surface area contributed by atoms with E-state index in [1.165, 1.54) is 0 Å². The average molecular weight is 300 g/mol. The lowest BCUT2D eigenvalue weighted by atomic mass is 10.1. The standard InChI is InChI=1S/C13H18BrNO2/c1-4-9(5-2)15-13(16)11-8-10(17-3)6-7-12(11)14/h6-9H,4-5H2,1-3H3,(H,15,16). The summed E-state index contributed by atoms with van der Waals surface area (Å²) in [4.78, 5) is 12.1. The van der Waals surface area contributed by atoms with Crippen LogP contribution in [0.5, 0.6) is 5.75 Å². The molecule has 94 valence electrons. The van der Waals surface area contributed by atoms with Gasteiger partial charge in [-0.3, -0.25) is 4.79 Å². The maximum Gasteiger partial charge on any atom is 0.252 e. The highest BCUT2D eigenvalue weighted by Gasteiger charge is 2.14. The summed E-state index contributed by atoms with van der Waals surface area (Å²) in [5.41, 5.74) is 0.608. The van der Waals surface area contributed by atoms with Crippen LogP contribution < -0.4 is 10.1 Å². The van der Waals surface area contributed by atoms with Gasteiger partial charge in [0.05, 0.1) is 12.7 Å². The van der Waals surface area contributed by atoms with Gasteiger partial charge in [0, 0.05) is 10.5 Å². The van der Waals surface area contributed by atoms with Crippen molar-refractivity contribution >= 4 is 21.8 Å². The van der Waals surface area contributed by atoms with Gasteiger partial charge in [-0.15, -0.1) is 0 Å². The van der Waals surface area contributed by atoms with Crippen LogP contribution in [0.25, 0.3) is 0 Å². The van der Waals surface area contributed by atoms with Crippen LogP contribution in [0.2, 0.25) is 0 Å². The van der Waals surface area contributed by atoms with Crippen molar-refractivity contribution in [3.05, 3.63) is 28.2 Å². The highest BCUT2D eigenvalue weighted by Crippen LogP contribution is 2.22. The third kappa shape index (κ3) is 3.73. The Kier molecular flexibility index (Phi) is 5.48. The summed E-state index contributed by atoms with van der Waals surface area (Å²) in [5.74, 6) is 0.618. The summed E-state index contributed by atoms with van der Waals surface area (Å²) in [6.07, 6.45) is 1.87. The monoisotopic (exact) mass is 299 g/mol. The Morgan fingerprint density at radius 2 is 2.06 bits per heavy atom. The molecule has 3 nitrogen and oxygen atoms in total. The molecule has 4 heteroatoms. The molecule has 1 amide bonds. The van der Waals surface area contributed by atoms with Crippen molar-refractivity contribution in [1.82, 2.24) is 5.32 Å². The molecule has 0 bridgehead atoms. The first-order chi connectivity index (χ1) is 8.12. The average Bonchev–Trinajstić information content (AvgIpc) is 2.36. The molecule has 0 saturated heterocycles. The fourth-order valence-corrected chi connectivity index (χ4v) is 1.99. The molecule has 0 aliphatic heterocycles. The molecule has 0 unspecified atom stereocenters. The quantitative estimate of drug-likeness (QED) is 0.905. The summed E-state index contributed by atoms with van der Waals surface area (Å²) in [7, 11) is 1.59. The molecule has 0 radical (unpaired) electrons. The van der Waals surface area contributed by atoms with Crippen LogP contribution in [0.4, 0.5) is 0 Å². The Hall–Kier alpha value is -1.03. The molecule has 1 aromatic rings. The molecule has 0 heterocycles. The van der Waals surface area contributed by atoms with Crippen LogP contribution in [-0.2, 0) is 0 Å². The van der Waals surface area contributed by atoms with Gasteiger partial charge in [-0.25, -0.2) is 0 Å². The lowest BCUT2D eigenvalue weighted by molar-refractivity contribution is 0.0933. The summed E-state index contributed by atoms with van der Waals surface area (Å²) in [6.45, 7) is 4.13. The SMILES string of the molecule is CCC(CC)NC(=O)c1cc(OC)ccc1Br. The second kappa shape index (κ2) is 6.64. The molecule has 17 heavy (non-hydrogen) atoms. The van der Waals surface area contributed by atoms with Gasteiger partial charge in [0.15, 0.2) is 0 Å². The minimum Gasteiger partial charge on any atom is -0.497 e. The topological polar surface area (TPSA) is 38.3 Å². The van der Waals surface area contributed by atoms with Crippen molar-refractivity contribution in [3.8, 4) is 5.75 Å². The molecule has 1 N–H and O–H groups in total. The fourth-order valence-electron chi connectivity index (χ4n) is 1.56. The van der Waals surface area contributed by atoms with Gasteiger partial charge >= 0.3 is 0 Å². The van der Waals surface area contributed by atoms with Crippen LogP contribution in [-0.4, -0.2) is 19.1 Å². The molecule has 1 rings (SSSR count). The minimum absolute atomic E-state index is 0.0653. The number of carbonyl (C=O) groups is 1. The molecule has 0 aromatic heterocycles. The predicted octanol–water partition coefficient (Wildman–Crippen LogP) is 3.38. The van der Waals surface area contributed by atoms with Crippen molar-refractivity contribution < 1.29 is 9.53 Å². The van der Waals surface area contributed by atoms with Crippen LogP contribution >= 0.6 is 15.9 Å². The van der Waals surface area contributed by atoms with Gasteiger partial charge in [-0.05, 0) is 47.0 Å². The zero-order valence-electron chi connectivity index (χ0n) is 10.4. The Labute approximate surface area is 111 Å². The van der Waals surface area contributed by atoms with Crippen molar-refractivity contribution in [2.45, 2.75) is 32.7 Å². The van der Waals surface area contributed by atoms with E-state index in [1.807, 2.05) is 12.1 Å². The smallest absolute Gasteiger partial charge is 0.252 e. The lowest BCUT2D eigenvalue weighted by Crippen LogP contribution is -2.34. The first kappa shape index (κ1) is 14.0. The van der Waals surface area contributed by atoms with Crippen LogP contribution in [0, 0.1) is 0 Å². The van der Waals surface area contributed by atoms with E-state index in [0.29, 0.717) is 11.3 Å². The Bertz CT molecular complexity index is 389. The van der Waals surface area contributed by atoms with Gasteiger partial charge < -0.3 is 10.1 Å². The van der Waals surface area contributed by atoms with Crippen molar-refractivity contribution in [2.75, 3.05) is 7.11 Å². The maximum atomic E-state index is 12.1. The molecule has 0 saturated carbocycles. The second-order valence-corrected chi connectivity index (χ2v) is 4.69. The van der Waals surface area contributed by atoms with E-state index < -0.39 is 0 Å². The second-order valence-electron chi connectivity index (χ2n) is 3.83. The molecule has 0 aliphatic rings. The summed E-state index contributed by atoms with van der Waals surface area (Å²) < 4.78 is 5.90. The third-order valence-electron chi connectivity index (χ3n) is 2.74. The molecule has 0 atom stereocenters. The van der Waals surface area contributed by atoms with E-state index in [2.05, 4.69) is 35.1 Å². The van der Waals surface area contributed by atoms with E-state index >= 15 is 0 Å². The molecule has 0 spiro atoms. The van der Waals surface area contributed by atoms with E-state index in [-0.39, 0.29) is 11.9 Å². The number of benzene rings is 1. The van der Waals surface area contributed by atoms with E-state index in [4.69, 9.17) is 4.74 Å². The molecule has 1 aromatic carbocycles. The maximum absolute atomic E-state index is 12.1. The number of hydrogen-bond acceptors (Lipinski definition) is 2. The Morgan fingerprint density at radius 1 is 1.41 bits per heavy atom. The first-order valence-corrected chi connectivity index (χ1v) is 6.56. The number of amides is 1. The number of rotatable bonds is 5. The molecular weight excluding hydrogens is 282 g/mol. The molecule has 0 fully saturated rings. The zero-order chi connectivity index (χ0) is 12.8. The predicted molar refractivity (Wildman–Crippen MR) is 72.5 cm³/mol. The van der Waals surface area contributed by atoms with E-state index in [1.54, 1.807) is 13.2 Å². The van der Waals surface area contributed by atoms with Gasteiger partial charge in [-0.2, -0.15) is 0 Å². The van der Waals surface area contributed by atoms with Gasteiger partial charge in [0.2, 0.25) is 0 Å². The summed E-state index contributed by atoms with van der Waals surface area (Å²) in [6, 6.07) is 5.60. The van der Waals surface area contributed by atoms with Crippen LogP contribution in [0.15, 0.2) is 22.7 Å². The summed E-state index contributed by atoms with van der Waals surface area (Å²) >= 11 is 3.38. The number of halogens is 1. The fraction of sp³-hybridized carbons (Fsp3) is 0.462. The lowest BCUT2D eigenvalue weighted by Gasteiger charge is -2.15. The number of hydrogen-bond donors (Lipinski definition) is 1. The number of methoxy groups -OCH3 is 1. The zero-order valence-corrected chi connectivity index (χ0v) is 12.0. The van der Waals surface area contributed by atoms with Crippen molar-refractivity contribution in [3.63, 3.8) is 0 Å². The Morgan fingerprint density at radius 3 is 2.59 bits per heavy atom.